The number of aliphatic imine (C=N–C) groups is 1. The minimum Gasteiger partial charge on any atom is -0.372 e. The van der Waals surface area contributed by atoms with E-state index >= 15 is 0 Å². The number of fused-ring (bicyclic) bond motifs is 1. The van der Waals surface area contributed by atoms with E-state index in [1.165, 1.54) is 11.0 Å². The summed E-state index contributed by atoms with van der Waals surface area (Å²) in [6.07, 6.45) is -0.533. The van der Waals surface area contributed by atoms with Crippen molar-refractivity contribution in [3.8, 4) is 0 Å². The highest BCUT2D eigenvalue weighted by atomic mass is 19.2. The molecule has 2 heterocycles. The molecule has 1 atom stereocenters. The van der Waals surface area contributed by atoms with Crippen LogP contribution in [-0.2, 0) is 24.5 Å². The van der Waals surface area contributed by atoms with Gasteiger partial charge >= 0.3 is 0 Å². The first-order valence-corrected chi connectivity index (χ1v) is 8.71. The molecule has 2 aromatic carbocycles. The number of hydrogen-bond acceptors (Lipinski definition) is 5. The van der Waals surface area contributed by atoms with Crippen LogP contribution in [0.5, 0.6) is 0 Å². The zero-order valence-corrected chi connectivity index (χ0v) is 15.0. The van der Waals surface area contributed by atoms with E-state index in [-0.39, 0.29) is 12.5 Å². The zero-order chi connectivity index (χ0) is 19.8. The van der Waals surface area contributed by atoms with Crippen molar-refractivity contribution in [2.24, 2.45) is 4.99 Å². The lowest BCUT2D eigenvalue weighted by molar-refractivity contribution is 0.134. The lowest BCUT2D eigenvalue weighted by atomic mass is 10.1. The highest BCUT2D eigenvalue weighted by Gasteiger charge is 2.24. The van der Waals surface area contributed by atoms with E-state index in [2.05, 4.69) is 10.3 Å². The fourth-order valence-electron chi connectivity index (χ4n) is 3.19. The monoisotopic (exact) mass is 389 g/mol. The minimum absolute atomic E-state index is 0.0380. The largest absolute Gasteiger partial charge is 0.372 e. The number of anilines is 1. The third kappa shape index (κ3) is 3.61. The summed E-state index contributed by atoms with van der Waals surface area (Å²) >= 11 is 0. The van der Waals surface area contributed by atoms with Crippen molar-refractivity contribution in [1.82, 2.24) is 4.90 Å². The summed E-state index contributed by atoms with van der Waals surface area (Å²) in [4.78, 5) is 5.36. The summed E-state index contributed by atoms with van der Waals surface area (Å²) in [6.45, 7) is 3.02. The molecule has 0 aliphatic carbocycles. The van der Waals surface area contributed by atoms with Crippen LogP contribution in [0, 0.1) is 18.6 Å². The Morgan fingerprint density at radius 3 is 2.64 bits per heavy atom. The SMILES string of the molecule is Cc1cc2c(cc1NC1=NC(O)C(F)=CN1Cc1ccc(F)c(F)c1)COC2. The van der Waals surface area contributed by atoms with Crippen LogP contribution >= 0.6 is 0 Å². The molecule has 0 saturated carbocycles. The molecule has 0 bridgehead atoms. The second-order valence-electron chi connectivity index (χ2n) is 6.77. The van der Waals surface area contributed by atoms with Crippen molar-refractivity contribution < 1.29 is 23.0 Å². The van der Waals surface area contributed by atoms with Gasteiger partial charge in [-0.2, -0.15) is 0 Å². The number of rotatable bonds is 3. The van der Waals surface area contributed by atoms with Crippen LogP contribution in [0.15, 0.2) is 47.4 Å². The predicted molar refractivity (Wildman–Crippen MR) is 97.8 cm³/mol. The average Bonchev–Trinajstić information content (AvgIpc) is 3.09. The Balaban J connectivity index is 1.62. The molecule has 0 fully saturated rings. The topological polar surface area (TPSA) is 57.1 Å². The first-order chi connectivity index (χ1) is 13.4. The van der Waals surface area contributed by atoms with E-state index in [4.69, 9.17) is 4.74 Å². The van der Waals surface area contributed by atoms with Gasteiger partial charge in [0.15, 0.2) is 17.5 Å². The Hall–Kier alpha value is -2.84. The standard InChI is InChI=1S/C20H18F3N3O2/c1-11-4-13-9-28-10-14(13)6-18(11)24-20-25-19(27)17(23)8-26(20)7-12-2-3-15(21)16(22)5-12/h2-6,8,19,27H,7,9-10H2,1H3,(H,24,25). The van der Waals surface area contributed by atoms with E-state index in [1.54, 1.807) is 0 Å². The normalized spacial score (nSPS) is 18.6. The van der Waals surface area contributed by atoms with E-state index < -0.39 is 23.7 Å². The molecule has 4 rings (SSSR count). The number of benzene rings is 2. The maximum atomic E-state index is 13.9. The number of aliphatic hydroxyl groups is 1. The number of hydrogen-bond donors (Lipinski definition) is 2. The van der Waals surface area contributed by atoms with Gasteiger partial charge in [-0.15, -0.1) is 0 Å². The molecule has 146 valence electrons. The molecule has 0 radical (unpaired) electrons. The van der Waals surface area contributed by atoms with Crippen LogP contribution < -0.4 is 5.32 Å². The lowest BCUT2D eigenvalue weighted by Gasteiger charge is -2.28. The molecule has 0 aromatic heterocycles. The molecule has 0 amide bonds. The summed E-state index contributed by atoms with van der Waals surface area (Å²) in [6, 6.07) is 7.39. The highest BCUT2D eigenvalue weighted by molar-refractivity contribution is 5.95. The fourth-order valence-corrected chi connectivity index (χ4v) is 3.19. The van der Waals surface area contributed by atoms with Crippen molar-refractivity contribution in [2.75, 3.05) is 5.32 Å². The number of aliphatic hydroxyl groups excluding tert-OH is 1. The molecule has 1 unspecified atom stereocenters. The van der Waals surface area contributed by atoms with Gasteiger partial charge in [0.05, 0.1) is 19.8 Å². The van der Waals surface area contributed by atoms with Crippen molar-refractivity contribution in [3.05, 3.63) is 76.2 Å². The number of nitrogens with one attached hydrogen (secondary N) is 1. The Morgan fingerprint density at radius 1 is 1.14 bits per heavy atom. The molecule has 2 aliphatic rings. The van der Waals surface area contributed by atoms with Gasteiger partial charge in [-0.25, -0.2) is 18.2 Å². The van der Waals surface area contributed by atoms with Gasteiger partial charge < -0.3 is 20.1 Å². The molecule has 5 nitrogen and oxygen atoms in total. The quantitative estimate of drug-likeness (QED) is 0.840. The molecule has 0 spiro atoms. The zero-order valence-electron chi connectivity index (χ0n) is 15.0. The van der Waals surface area contributed by atoms with Crippen LogP contribution in [0.25, 0.3) is 0 Å². The number of nitrogens with zero attached hydrogens (tertiary/aromatic N) is 2. The first-order valence-electron chi connectivity index (χ1n) is 8.71. The van der Waals surface area contributed by atoms with Crippen molar-refractivity contribution in [2.45, 2.75) is 32.9 Å². The number of halogens is 3. The maximum Gasteiger partial charge on any atom is 0.205 e. The average molecular weight is 389 g/mol. The molecule has 2 aliphatic heterocycles. The van der Waals surface area contributed by atoms with Gasteiger partial charge in [0.1, 0.15) is 0 Å². The molecular formula is C20H18F3N3O2. The molecule has 8 heteroatoms. The van der Waals surface area contributed by atoms with E-state index in [0.717, 1.165) is 40.7 Å². The van der Waals surface area contributed by atoms with Crippen LogP contribution in [0.2, 0.25) is 0 Å². The van der Waals surface area contributed by atoms with Gasteiger partial charge in [0, 0.05) is 11.9 Å². The van der Waals surface area contributed by atoms with Gasteiger partial charge in [-0.05, 0) is 47.4 Å². The molecule has 2 aromatic rings. The summed E-state index contributed by atoms with van der Waals surface area (Å²) in [7, 11) is 0. The maximum absolute atomic E-state index is 13.9. The Bertz CT molecular complexity index is 991. The third-order valence-corrected chi connectivity index (χ3v) is 4.69. The Kier molecular flexibility index (Phi) is 4.82. The molecular weight excluding hydrogens is 371 g/mol. The van der Waals surface area contributed by atoms with Crippen LogP contribution in [0.1, 0.15) is 22.3 Å². The third-order valence-electron chi connectivity index (χ3n) is 4.69. The van der Waals surface area contributed by atoms with Crippen LogP contribution in [-0.4, -0.2) is 22.2 Å². The second kappa shape index (κ2) is 7.29. The lowest BCUT2D eigenvalue weighted by Crippen LogP contribution is -2.37. The number of guanidine groups is 1. The van der Waals surface area contributed by atoms with Gasteiger partial charge in [-0.1, -0.05) is 12.1 Å². The van der Waals surface area contributed by atoms with Gasteiger partial charge in [0.2, 0.25) is 12.2 Å². The second-order valence-corrected chi connectivity index (χ2v) is 6.77. The smallest absolute Gasteiger partial charge is 0.205 e. The summed E-state index contributed by atoms with van der Waals surface area (Å²) in [5, 5.41) is 12.9. The highest BCUT2D eigenvalue weighted by Crippen LogP contribution is 2.28. The van der Waals surface area contributed by atoms with Gasteiger partial charge in [0.25, 0.3) is 0 Å². The van der Waals surface area contributed by atoms with Crippen molar-refractivity contribution in [3.63, 3.8) is 0 Å². The fraction of sp³-hybridized carbons (Fsp3) is 0.250. The Morgan fingerprint density at radius 2 is 1.89 bits per heavy atom. The van der Waals surface area contributed by atoms with Crippen LogP contribution in [0.3, 0.4) is 0 Å². The van der Waals surface area contributed by atoms with E-state index in [0.29, 0.717) is 18.8 Å². The van der Waals surface area contributed by atoms with Gasteiger partial charge in [-0.3, -0.25) is 0 Å². The summed E-state index contributed by atoms with van der Waals surface area (Å²) in [5.74, 6) is -2.59. The van der Waals surface area contributed by atoms with Crippen molar-refractivity contribution in [1.29, 1.82) is 0 Å². The predicted octanol–water partition coefficient (Wildman–Crippen LogP) is 3.72. The van der Waals surface area contributed by atoms with E-state index in [1.807, 2.05) is 19.1 Å². The number of ether oxygens (including phenoxy) is 1. The first kappa shape index (κ1) is 18.5. The number of aryl methyl sites for hydroxylation is 1. The summed E-state index contributed by atoms with van der Waals surface area (Å²) < 4.78 is 46.0. The van der Waals surface area contributed by atoms with E-state index in [9.17, 15) is 18.3 Å². The van der Waals surface area contributed by atoms with Crippen LogP contribution in [0.4, 0.5) is 18.9 Å². The Labute approximate surface area is 159 Å². The molecule has 28 heavy (non-hydrogen) atoms. The minimum atomic E-state index is -1.62. The molecule has 2 N–H and O–H groups in total. The summed E-state index contributed by atoms with van der Waals surface area (Å²) in [5.41, 5.74) is 4.25. The van der Waals surface area contributed by atoms with Crippen molar-refractivity contribution >= 4 is 11.6 Å². The molecule has 0 saturated heterocycles.